The molecule has 13 atom stereocenters. The Hall–Kier alpha value is -10.6. The third kappa shape index (κ3) is 29.3. The number of hydrogen-bond acceptors (Lipinski definition) is 17. The maximum Gasteiger partial charge on any atom is 0.303 e. The van der Waals surface area contributed by atoms with Gasteiger partial charge in [0.2, 0.25) is 70.6 Å². The van der Waals surface area contributed by atoms with Gasteiger partial charge in [0.15, 0.2) is 17.4 Å². The SMILES string of the molecule is CC(=O)C[C@@H](Cc1ccc(F)c(F)c1)C(=O)N[C@]1(C)CCCCCC/C=C/CCC[C@@](C)(C(=O)NC(C)C(=O)N[C@@H](C)C(=O)NC(C)C(=O)N[C@@H](C)C(=O)C(=O)[C@H](C)NC[C@H](C)C(N)=O)NC(=O)[C@H](CC(C)C)CCC(=O)[C@H](Cc2c[nH]c3ccccc23)NC(=O)C(Cc2ccc(O)cc2)NC(=O)[C@H](CCC(=O)O)NC1=O. The van der Waals surface area contributed by atoms with E-state index in [9.17, 15) is 76.5 Å². The van der Waals surface area contributed by atoms with Crippen LogP contribution in [0.5, 0.6) is 5.75 Å². The molecule has 0 saturated carbocycles. The van der Waals surface area contributed by atoms with Gasteiger partial charge in [0, 0.05) is 73.5 Å². The van der Waals surface area contributed by atoms with E-state index in [4.69, 9.17) is 5.73 Å². The highest BCUT2D eigenvalue weighted by Crippen LogP contribution is 2.27. The average Bonchev–Trinajstić information content (AvgIpc) is 1.19. The van der Waals surface area contributed by atoms with Gasteiger partial charge in [0.25, 0.3) is 0 Å². The lowest BCUT2D eigenvalue weighted by molar-refractivity contribution is -0.140. The quantitative estimate of drug-likeness (QED) is 0.0236. The minimum Gasteiger partial charge on any atom is -0.508 e. The summed E-state index contributed by atoms with van der Waals surface area (Å²) in [6, 6.07) is 4.94. The fourth-order valence-corrected chi connectivity index (χ4v) is 12.9. The molecule has 0 radical (unpaired) electrons. The molecule has 0 bridgehead atoms. The number of aromatic hydroxyl groups is 1. The Kier molecular flexibility index (Phi) is 36.0. The highest BCUT2D eigenvalue weighted by Gasteiger charge is 2.42. The van der Waals surface area contributed by atoms with E-state index in [1.54, 1.807) is 18.3 Å². The van der Waals surface area contributed by atoms with Crippen LogP contribution in [0.4, 0.5) is 8.78 Å². The molecule has 0 fully saturated rings. The minimum absolute atomic E-state index is 0.0178. The Morgan fingerprint density at radius 1 is 0.625 bits per heavy atom. The van der Waals surface area contributed by atoms with Crippen LogP contribution in [0.2, 0.25) is 0 Å². The Balaban J connectivity index is 1.48. The number of phenols is 1. The predicted octanol–water partition coefficient (Wildman–Crippen LogP) is 5.19. The summed E-state index contributed by atoms with van der Waals surface area (Å²) in [5.74, 6) is -17.8. The monoisotopic (exact) mass is 1560 g/mol. The second-order valence-electron chi connectivity index (χ2n) is 30.4. The summed E-state index contributed by atoms with van der Waals surface area (Å²) in [6.45, 7) is 16.1. The van der Waals surface area contributed by atoms with Crippen molar-refractivity contribution in [2.45, 2.75) is 251 Å². The molecule has 2 heterocycles. The summed E-state index contributed by atoms with van der Waals surface area (Å²) >= 11 is 0. The molecule has 0 saturated heterocycles. The van der Waals surface area contributed by atoms with E-state index in [2.05, 4.69) is 58.2 Å². The Morgan fingerprint density at radius 2 is 1.21 bits per heavy atom. The van der Waals surface area contributed by atoms with E-state index in [1.165, 1.54) is 92.6 Å². The number of amides is 10. The summed E-state index contributed by atoms with van der Waals surface area (Å²) < 4.78 is 28.6. The number of hydrogen-bond donors (Lipinski definition) is 14. The fourth-order valence-electron chi connectivity index (χ4n) is 12.9. The number of fused-ring (bicyclic) bond motifs is 1. The Morgan fingerprint density at radius 3 is 1.82 bits per heavy atom. The molecule has 29 nitrogen and oxygen atoms in total. The first kappa shape index (κ1) is 92.0. The lowest BCUT2D eigenvalue weighted by Gasteiger charge is -2.33. The standard InChI is InChI=1S/C81H112F2N12O17/c1-45(2)37-55-28-33-66(98)64(42-57-44-86-62-24-20-19-23-59(57)62)91-77(110)65(41-53-25-29-58(97)30-26-53)92-76(109)63(32-34-67(99)100)93-79(112)81(11,95-75(108)56(38-47(4)96)39-54-27-31-60(82)61(83)40-54)36-22-18-16-14-12-13-15-17-21-35-80(10,94-74(55)107)78(111)90-52(9)73(106)89-51(8)72(105)88-50(7)71(104)87-49(6)69(102)68(101)48(5)85-43-46(3)70(84)103/h13,15,19-20,23-27,29-31,40,44-46,48-52,55-56,63-65,85-86,97H,12,14,16-18,21-22,28,32-39,41-43H2,1-11H3,(H2,84,103)(H,87,104)(H,88,105)(H,89,106)(H,90,111)(H,91,110)(H,92,109)(H,93,112)(H,94,107)(H,95,108)(H,99,100)/b15-13+/t46-,48-,49-,50?,51-,52?,55-,56-,63-,64-,65?,80-,81+/m0/s1. The van der Waals surface area contributed by atoms with Crippen molar-refractivity contribution in [3.8, 4) is 5.75 Å². The maximum atomic E-state index is 15.2. The first-order valence-corrected chi connectivity index (χ1v) is 38.2. The van der Waals surface area contributed by atoms with Gasteiger partial charge >= 0.3 is 5.97 Å². The number of carboxylic acids is 1. The van der Waals surface area contributed by atoms with E-state index >= 15 is 14.4 Å². The normalized spacial score (nSPS) is 21.8. The van der Waals surface area contributed by atoms with Gasteiger partial charge in [-0.15, -0.1) is 0 Å². The molecule has 0 spiro atoms. The van der Waals surface area contributed by atoms with E-state index in [1.807, 2.05) is 38.1 Å². The number of nitrogens with one attached hydrogen (secondary N) is 11. The molecule has 1 aliphatic rings. The summed E-state index contributed by atoms with van der Waals surface area (Å²) in [6.07, 6.45) is 6.26. The van der Waals surface area contributed by atoms with Crippen molar-refractivity contribution in [2.24, 2.45) is 29.4 Å². The highest BCUT2D eigenvalue weighted by atomic mass is 19.2. The molecule has 15 N–H and O–H groups in total. The third-order valence-electron chi connectivity index (χ3n) is 20.0. The Bertz CT molecular complexity index is 4050. The van der Waals surface area contributed by atoms with Crippen LogP contribution in [0.1, 0.15) is 189 Å². The molecule has 5 rings (SSSR count). The number of aromatic amines is 1. The van der Waals surface area contributed by atoms with E-state index in [0.29, 0.717) is 60.6 Å². The molecule has 1 aliphatic heterocycles. The van der Waals surface area contributed by atoms with Gasteiger partial charge in [-0.05, 0) is 173 Å². The van der Waals surface area contributed by atoms with Crippen molar-refractivity contribution in [3.63, 3.8) is 0 Å². The van der Waals surface area contributed by atoms with Crippen LogP contribution in [-0.4, -0.2) is 169 Å². The molecular weight excluding hydrogens is 1450 g/mol. The van der Waals surface area contributed by atoms with Crippen LogP contribution in [0.15, 0.2) is 85.1 Å². The number of allylic oxidation sites excluding steroid dienone is 2. The largest absolute Gasteiger partial charge is 0.508 e. The summed E-state index contributed by atoms with van der Waals surface area (Å²) in [5.41, 5.74) is 3.53. The number of aliphatic carboxylic acids is 1. The van der Waals surface area contributed by atoms with Gasteiger partial charge in [-0.2, -0.15) is 0 Å². The van der Waals surface area contributed by atoms with Crippen molar-refractivity contribution >= 4 is 99.1 Å². The predicted molar refractivity (Wildman–Crippen MR) is 413 cm³/mol. The number of aromatic nitrogens is 1. The van der Waals surface area contributed by atoms with Gasteiger partial charge < -0.3 is 78.9 Å². The number of carbonyl (C=O) groups is 15. The number of benzene rings is 3. The van der Waals surface area contributed by atoms with E-state index in [-0.39, 0.29) is 88.0 Å². The number of halogens is 2. The van der Waals surface area contributed by atoms with Crippen LogP contribution in [-0.2, 0) is 91.2 Å². The van der Waals surface area contributed by atoms with Crippen LogP contribution < -0.4 is 58.9 Å². The second-order valence-corrected chi connectivity index (χ2v) is 30.4. The number of carboxylic acid groups (broad SMARTS) is 1. The smallest absolute Gasteiger partial charge is 0.303 e. The van der Waals surface area contributed by atoms with Gasteiger partial charge in [0.1, 0.15) is 52.8 Å². The second kappa shape index (κ2) is 43.9. The van der Waals surface area contributed by atoms with Gasteiger partial charge in [0.05, 0.1) is 18.1 Å². The molecule has 612 valence electrons. The molecule has 112 heavy (non-hydrogen) atoms. The number of carbonyl (C=O) groups excluding carboxylic acids is 14. The summed E-state index contributed by atoms with van der Waals surface area (Å²) in [5, 5.41) is 47.7. The van der Waals surface area contributed by atoms with Gasteiger partial charge in [-0.1, -0.05) is 88.6 Å². The van der Waals surface area contributed by atoms with E-state index < -0.39 is 190 Å². The maximum absolute atomic E-state index is 15.2. The minimum atomic E-state index is -1.89. The van der Waals surface area contributed by atoms with Crippen molar-refractivity contribution in [1.82, 2.24) is 58.2 Å². The first-order valence-electron chi connectivity index (χ1n) is 38.2. The van der Waals surface area contributed by atoms with Crippen LogP contribution in [0.3, 0.4) is 0 Å². The number of ketones is 4. The Labute approximate surface area is 651 Å². The number of primary amides is 1. The zero-order valence-corrected chi connectivity index (χ0v) is 65.8. The van der Waals surface area contributed by atoms with Crippen molar-refractivity contribution in [3.05, 3.63) is 113 Å². The zero-order chi connectivity index (χ0) is 83.3. The van der Waals surface area contributed by atoms with Gasteiger partial charge in [-0.25, -0.2) is 8.78 Å². The number of H-pyrrole nitrogens is 1. The fraction of sp³-hybridized carbons (Fsp3) is 0.543. The summed E-state index contributed by atoms with van der Waals surface area (Å²) in [7, 11) is 0. The van der Waals surface area contributed by atoms with Crippen molar-refractivity contribution in [1.29, 1.82) is 0 Å². The molecule has 0 aliphatic carbocycles. The highest BCUT2D eigenvalue weighted by molar-refractivity contribution is 6.41. The number of para-hydroxylation sites is 1. The van der Waals surface area contributed by atoms with Crippen LogP contribution >= 0.6 is 0 Å². The number of nitrogens with two attached hydrogens (primary N) is 1. The molecule has 31 heteroatoms. The van der Waals surface area contributed by atoms with Gasteiger partial charge in [-0.3, -0.25) is 67.1 Å². The summed E-state index contributed by atoms with van der Waals surface area (Å²) in [4.78, 5) is 210. The first-order chi connectivity index (χ1) is 52.7. The molecule has 3 unspecified atom stereocenters. The average molecular weight is 1560 g/mol. The molecular formula is C81H112F2N12O17. The van der Waals surface area contributed by atoms with Crippen LogP contribution in [0.25, 0.3) is 10.9 Å². The van der Waals surface area contributed by atoms with Crippen molar-refractivity contribution < 1.29 is 90.9 Å². The zero-order valence-electron chi connectivity index (χ0n) is 65.8. The molecule has 1 aromatic heterocycles. The lowest BCUT2D eigenvalue weighted by Crippen LogP contribution is -2.62. The number of Topliss-reactive ketones (excluding diaryl/α,β-unsaturated/α-hetero) is 4. The van der Waals surface area contributed by atoms with Crippen LogP contribution in [0, 0.1) is 35.3 Å². The molecule has 3 aromatic carbocycles. The molecule has 4 aromatic rings. The topological polar surface area (TPSA) is 459 Å². The van der Waals surface area contributed by atoms with E-state index in [0.717, 1.165) is 12.1 Å². The number of rotatable bonds is 30. The lowest BCUT2D eigenvalue weighted by atomic mass is 9.87. The molecule has 10 amide bonds. The van der Waals surface area contributed by atoms with Crippen molar-refractivity contribution in [2.75, 3.05) is 6.54 Å². The number of phenolic OH excluding ortho intramolecular Hbond substituents is 1. The third-order valence-corrected chi connectivity index (χ3v) is 20.0.